The molecule has 2 aromatic carbocycles. The van der Waals surface area contributed by atoms with Crippen LogP contribution in [0, 0.1) is 5.82 Å². The van der Waals surface area contributed by atoms with Crippen LogP contribution in [0.15, 0.2) is 53.4 Å². The molecule has 0 saturated heterocycles. The molecule has 0 heterocycles. The third kappa shape index (κ3) is 3.59. The molecule has 0 unspecified atom stereocenters. The van der Waals surface area contributed by atoms with E-state index in [0.29, 0.717) is 0 Å². The minimum Gasteiger partial charge on any atom is -0.399 e. The fourth-order valence-corrected chi connectivity index (χ4v) is 3.54. The predicted molar refractivity (Wildman–Crippen MR) is 80.5 cm³/mol. The van der Waals surface area contributed by atoms with Crippen molar-refractivity contribution in [1.82, 2.24) is 4.31 Å². The van der Waals surface area contributed by atoms with Gasteiger partial charge in [0.05, 0.1) is 4.90 Å². The zero-order chi connectivity index (χ0) is 15.5. The van der Waals surface area contributed by atoms with Gasteiger partial charge in [0.1, 0.15) is 5.82 Å². The molecule has 0 spiro atoms. The van der Waals surface area contributed by atoms with Crippen molar-refractivity contribution in [2.24, 2.45) is 0 Å². The molecule has 2 N–H and O–H groups in total. The molecule has 0 fully saturated rings. The fourth-order valence-electron chi connectivity index (χ4n) is 2.04. The first-order valence-corrected chi connectivity index (χ1v) is 7.97. The van der Waals surface area contributed by atoms with Crippen molar-refractivity contribution in [3.63, 3.8) is 0 Å². The van der Waals surface area contributed by atoms with E-state index in [1.807, 2.05) is 30.3 Å². The van der Waals surface area contributed by atoms with Gasteiger partial charge in [0, 0.05) is 18.8 Å². The van der Waals surface area contributed by atoms with E-state index in [1.54, 1.807) is 6.92 Å². The van der Waals surface area contributed by atoms with Crippen LogP contribution in [0.25, 0.3) is 0 Å². The van der Waals surface area contributed by atoms with Crippen molar-refractivity contribution in [3.05, 3.63) is 59.9 Å². The van der Waals surface area contributed by atoms with Crippen LogP contribution in [0.4, 0.5) is 10.1 Å². The summed E-state index contributed by atoms with van der Waals surface area (Å²) < 4.78 is 39.8. The van der Waals surface area contributed by atoms with Gasteiger partial charge in [-0.1, -0.05) is 37.3 Å². The third-order valence-corrected chi connectivity index (χ3v) is 4.98. The first-order chi connectivity index (χ1) is 9.93. The summed E-state index contributed by atoms with van der Waals surface area (Å²) in [7, 11) is -3.78. The van der Waals surface area contributed by atoms with Gasteiger partial charge in [0.15, 0.2) is 0 Å². The second kappa shape index (κ2) is 6.24. The Labute approximate surface area is 124 Å². The zero-order valence-electron chi connectivity index (χ0n) is 11.7. The summed E-state index contributed by atoms with van der Waals surface area (Å²) in [4.78, 5) is -0.127. The lowest BCUT2D eigenvalue weighted by Gasteiger charge is -2.21. The Morgan fingerprint density at radius 3 is 2.38 bits per heavy atom. The van der Waals surface area contributed by atoms with Gasteiger partial charge >= 0.3 is 0 Å². The van der Waals surface area contributed by atoms with Crippen LogP contribution in [-0.4, -0.2) is 19.3 Å². The summed E-state index contributed by atoms with van der Waals surface area (Å²) >= 11 is 0. The number of anilines is 1. The van der Waals surface area contributed by atoms with E-state index in [2.05, 4.69) is 0 Å². The minimum atomic E-state index is -3.78. The summed E-state index contributed by atoms with van der Waals surface area (Å²) in [5.74, 6) is -0.663. The Balaban J connectivity index is 2.35. The number of benzene rings is 2. The van der Waals surface area contributed by atoms with Crippen LogP contribution in [-0.2, 0) is 16.6 Å². The Morgan fingerprint density at radius 2 is 1.81 bits per heavy atom. The second-order valence-electron chi connectivity index (χ2n) is 4.64. The lowest BCUT2D eigenvalue weighted by Crippen LogP contribution is -2.30. The van der Waals surface area contributed by atoms with E-state index in [0.717, 1.165) is 17.7 Å². The van der Waals surface area contributed by atoms with Gasteiger partial charge in [-0.3, -0.25) is 0 Å². The molecule has 0 aliphatic rings. The van der Waals surface area contributed by atoms with Crippen molar-refractivity contribution < 1.29 is 12.8 Å². The monoisotopic (exact) mass is 308 g/mol. The molecule has 0 aromatic heterocycles. The van der Waals surface area contributed by atoms with E-state index in [9.17, 15) is 12.8 Å². The van der Waals surface area contributed by atoms with Crippen LogP contribution in [0.2, 0.25) is 0 Å². The number of sulfonamides is 1. The zero-order valence-corrected chi connectivity index (χ0v) is 12.5. The SMILES string of the molecule is CCN(Cc1ccccc1)S(=O)(=O)c1cc(N)cc(F)c1. The predicted octanol–water partition coefficient (Wildman–Crippen LogP) is 2.62. The molecule has 112 valence electrons. The molecule has 0 bridgehead atoms. The van der Waals surface area contributed by atoms with Crippen molar-refractivity contribution in [3.8, 4) is 0 Å². The number of nitrogens with zero attached hydrogens (tertiary/aromatic N) is 1. The molecule has 21 heavy (non-hydrogen) atoms. The average molecular weight is 308 g/mol. The van der Waals surface area contributed by atoms with E-state index in [4.69, 9.17) is 5.73 Å². The Kier molecular flexibility index (Phi) is 4.59. The summed E-state index contributed by atoms with van der Waals surface area (Å²) in [6.07, 6.45) is 0. The number of halogens is 1. The number of hydrogen-bond donors (Lipinski definition) is 1. The summed E-state index contributed by atoms with van der Waals surface area (Å²) in [5, 5.41) is 0. The molecular weight excluding hydrogens is 291 g/mol. The lowest BCUT2D eigenvalue weighted by atomic mass is 10.2. The Bertz CT molecular complexity index is 697. The van der Waals surface area contributed by atoms with E-state index in [-0.39, 0.29) is 23.7 Å². The molecule has 0 aliphatic heterocycles. The normalized spacial score (nSPS) is 11.8. The molecule has 0 radical (unpaired) electrons. The van der Waals surface area contributed by atoms with Gasteiger partial charge in [0.25, 0.3) is 0 Å². The highest BCUT2D eigenvalue weighted by Gasteiger charge is 2.24. The fraction of sp³-hybridized carbons (Fsp3) is 0.200. The Morgan fingerprint density at radius 1 is 1.14 bits per heavy atom. The molecule has 4 nitrogen and oxygen atoms in total. The molecule has 6 heteroatoms. The molecule has 0 saturated carbocycles. The van der Waals surface area contributed by atoms with Crippen LogP contribution in [0.1, 0.15) is 12.5 Å². The minimum absolute atomic E-state index is 0.0874. The highest BCUT2D eigenvalue weighted by atomic mass is 32.2. The maximum Gasteiger partial charge on any atom is 0.243 e. The van der Waals surface area contributed by atoms with E-state index in [1.165, 1.54) is 10.4 Å². The van der Waals surface area contributed by atoms with Gasteiger partial charge in [-0.25, -0.2) is 12.8 Å². The van der Waals surface area contributed by atoms with Gasteiger partial charge in [-0.05, 0) is 23.8 Å². The summed E-state index contributed by atoms with van der Waals surface area (Å²) in [5.41, 5.74) is 6.48. The number of rotatable bonds is 5. The first kappa shape index (κ1) is 15.5. The molecule has 0 aliphatic carbocycles. The van der Waals surface area contributed by atoms with Gasteiger partial charge in [-0.2, -0.15) is 4.31 Å². The van der Waals surface area contributed by atoms with Crippen LogP contribution in [0.5, 0.6) is 0 Å². The number of hydrogen-bond acceptors (Lipinski definition) is 3. The first-order valence-electron chi connectivity index (χ1n) is 6.53. The molecule has 2 rings (SSSR count). The molecule has 0 amide bonds. The van der Waals surface area contributed by atoms with Gasteiger partial charge < -0.3 is 5.73 Å². The largest absolute Gasteiger partial charge is 0.399 e. The van der Waals surface area contributed by atoms with Crippen LogP contribution < -0.4 is 5.73 Å². The lowest BCUT2D eigenvalue weighted by molar-refractivity contribution is 0.423. The summed E-state index contributed by atoms with van der Waals surface area (Å²) in [6.45, 7) is 2.26. The maximum atomic E-state index is 13.4. The van der Waals surface area contributed by atoms with Gasteiger partial charge in [0.2, 0.25) is 10.0 Å². The van der Waals surface area contributed by atoms with Crippen LogP contribution >= 0.6 is 0 Å². The quantitative estimate of drug-likeness (QED) is 0.864. The molecule has 0 atom stereocenters. The van der Waals surface area contributed by atoms with Crippen molar-refractivity contribution in [2.45, 2.75) is 18.4 Å². The number of nitrogen functional groups attached to an aromatic ring is 1. The average Bonchev–Trinajstić information content (AvgIpc) is 2.44. The second-order valence-corrected chi connectivity index (χ2v) is 6.58. The number of nitrogens with two attached hydrogens (primary N) is 1. The highest BCUT2D eigenvalue weighted by molar-refractivity contribution is 7.89. The topological polar surface area (TPSA) is 63.4 Å². The smallest absolute Gasteiger partial charge is 0.243 e. The summed E-state index contributed by atoms with van der Waals surface area (Å²) in [6, 6.07) is 12.6. The van der Waals surface area contributed by atoms with Crippen LogP contribution in [0.3, 0.4) is 0 Å². The standard InChI is InChI=1S/C15H17FN2O2S/c1-2-18(11-12-6-4-3-5-7-12)21(19,20)15-9-13(16)8-14(17)10-15/h3-10H,2,11,17H2,1H3. The van der Waals surface area contributed by atoms with E-state index >= 15 is 0 Å². The molecule has 2 aromatic rings. The van der Waals surface area contributed by atoms with Crippen molar-refractivity contribution in [2.75, 3.05) is 12.3 Å². The van der Waals surface area contributed by atoms with E-state index < -0.39 is 15.8 Å². The van der Waals surface area contributed by atoms with Crippen molar-refractivity contribution >= 4 is 15.7 Å². The van der Waals surface area contributed by atoms with Crippen molar-refractivity contribution in [1.29, 1.82) is 0 Å². The van der Waals surface area contributed by atoms with Gasteiger partial charge in [-0.15, -0.1) is 0 Å². The third-order valence-electron chi connectivity index (χ3n) is 3.09. The maximum absolute atomic E-state index is 13.4. The highest BCUT2D eigenvalue weighted by Crippen LogP contribution is 2.21. The molecular formula is C15H17FN2O2S. The Hall–Kier alpha value is -1.92.